The average Bonchev–Trinajstić information content (AvgIpc) is 3.11. The molecule has 96 valence electrons. The molecule has 1 N–H and O–H groups in total. The average molecular weight is 265 g/mol. The molecule has 1 aliphatic rings. The highest BCUT2D eigenvalue weighted by atomic mass is 32.1. The fourth-order valence-corrected chi connectivity index (χ4v) is 2.77. The molecule has 1 amide bonds. The molecule has 0 aliphatic heterocycles. The number of carbonyl (C=O) groups is 2. The van der Waals surface area contributed by atoms with E-state index >= 15 is 0 Å². The molecular formula is C13H15NO3S. The molecule has 1 aromatic heterocycles. The first-order chi connectivity index (χ1) is 8.67. The summed E-state index contributed by atoms with van der Waals surface area (Å²) in [6.07, 6.45) is 3.38. The number of hydrogen-bond donors (Lipinski definition) is 1. The van der Waals surface area contributed by atoms with Crippen LogP contribution < -0.4 is 5.32 Å². The molecule has 18 heavy (non-hydrogen) atoms. The third kappa shape index (κ3) is 2.61. The fraction of sp³-hybridized carbons (Fsp3) is 0.385. The molecule has 0 aromatic carbocycles. The van der Waals surface area contributed by atoms with Crippen LogP contribution in [0, 0.1) is 0 Å². The number of carbonyl (C=O) groups excluding carboxylic acids is 2. The molecule has 2 rings (SSSR count). The molecule has 1 aromatic rings. The van der Waals surface area contributed by atoms with E-state index in [1.165, 1.54) is 17.4 Å². The summed E-state index contributed by atoms with van der Waals surface area (Å²) in [6.45, 7) is 5.49. The van der Waals surface area contributed by atoms with Crippen molar-refractivity contribution in [3.8, 4) is 0 Å². The second-order valence-electron chi connectivity index (χ2n) is 4.08. The van der Waals surface area contributed by atoms with Crippen LogP contribution in [0.15, 0.2) is 18.0 Å². The summed E-state index contributed by atoms with van der Waals surface area (Å²) in [7, 11) is 0. The molecule has 0 spiro atoms. The third-order valence-electron chi connectivity index (χ3n) is 2.74. The highest BCUT2D eigenvalue weighted by Crippen LogP contribution is 2.46. The minimum Gasteiger partial charge on any atom is -0.462 e. The fourth-order valence-electron chi connectivity index (χ4n) is 1.73. The summed E-state index contributed by atoms with van der Waals surface area (Å²) >= 11 is 1.36. The molecule has 4 nitrogen and oxygen atoms in total. The van der Waals surface area contributed by atoms with E-state index in [9.17, 15) is 9.59 Å². The van der Waals surface area contributed by atoms with E-state index in [0.29, 0.717) is 23.1 Å². The Bertz CT molecular complexity index is 488. The number of rotatable bonds is 5. The van der Waals surface area contributed by atoms with E-state index < -0.39 is 0 Å². The van der Waals surface area contributed by atoms with Gasteiger partial charge in [-0.2, -0.15) is 0 Å². The molecule has 0 atom stereocenters. The molecule has 1 aliphatic carbocycles. The van der Waals surface area contributed by atoms with E-state index in [0.717, 1.165) is 18.4 Å². The van der Waals surface area contributed by atoms with Crippen molar-refractivity contribution in [1.29, 1.82) is 0 Å². The number of esters is 1. The summed E-state index contributed by atoms with van der Waals surface area (Å²) in [5.74, 6) is -0.236. The smallest absolute Gasteiger partial charge is 0.341 e. The maximum absolute atomic E-state index is 12.0. The summed E-state index contributed by atoms with van der Waals surface area (Å²) < 4.78 is 5.05. The van der Waals surface area contributed by atoms with E-state index in [1.54, 1.807) is 6.92 Å². The zero-order valence-electron chi connectivity index (χ0n) is 10.2. The van der Waals surface area contributed by atoms with Crippen LogP contribution in [0.25, 0.3) is 0 Å². The van der Waals surface area contributed by atoms with Crippen molar-refractivity contribution in [3.05, 3.63) is 29.2 Å². The van der Waals surface area contributed by atoms with Crippen molar-refractivity contribution in [2.24, 2.45) is 0 Å². The predicted molar refractivity (Wildman–Crippen MR) is 71.1 cm³/mol. The second kappa shape index (κ2) is 5.35. The molecule has 1 saturated carbocycles. The van der Waals surface area contributed by atoms with Gasteiger partial charge < -0.3 is 10.1 Å². The second-order valence-corrected chi connectivity index (χ2v) is 4.96. The Labute approximate surface area is 110 Å². The topological polar surface area (TPSA) is 55.4 Å². The van der Waals surface area contributed by atoms with Gasteiger partial charge in [0.2, 0.25) is 5.91 Å². The van der Waals surface area contributed by atoms with Crippen molar-refractivity contribution >= 4 is 28.2 Å². The van der Waals surface area contributed by atoms with Gasteiger partial charge in [0.1, 0.15) is 5.00 Å². The van der Waals surface area contributed by atoms with Crippen LogP contribution in [-0.4, -0.2) is 18.5 Å². The van der Waals surface area contributed by atoms with Crippen molar-refractivity contribution < 1.29 is 14.3 Å². The summed E-state index contributed by atoms with van der Waals surface area (Å²) in [5.41, 5.74) is 1.51. The summed E-state index contributed by atoms with van der Waals surface area (Å²) in [4.78, 5) is 23.3. The molecule has 1 heterocycles. The Morgan fingerprint density at radius 3 is 2.89 bits per heavy atom. The van der Waals surface area contributed by atoms with Crippen LogP contribution in [-0.2, 0) is 9.53 Å². The number of hydrogen-bond acceptors (Lipinski definition) is 4. The molecule has 1 fully saturated rings. The summed E-state index contributed by atoms with van der Waals surface area (Å²) in [6, 6.07) is 0. The van der Waals surface area contributed by atoms with Gasteiger partial charge in [-0.25, -0.2) is 4.79 Å². The maximum atomic E-state index is 12.0. The first-order valence-corrected chi connectivity index (χ1v) is 6.77. The van der Waals surface area contributed by atoms with Gasteiger partial charge in [-0.15, -0.1) is 11.3 Å². The maximum Gasteiger partial charge on any atom is 0.341 e. The number of amides is 1. The Balaban J connectivity index is 2.30. The van der Waals surface area contributed by atoms with Gasteiger partial charge in [-0.3, -0.25) is 4.79 Å². The SMILES string of the molecule is C=CC(=O)Nc1scc(C2CC2)c1C(=O)OCC. The van der Waals surface area contributed by atoms with Crippen molar-refractivity contribution in [1.82, 2.24) is 0 Å². The van der Waals surface area contributed by atoms with Gasteiger partial charge in [0, 0.05) is 0 Å². The lowest BCUT2D eigenvalue weighted by Gasteiger charge is -2.06. The zero-order valence-corrected chi connectivity index (χ0v) is 11.0. The third-order valence-corrected chi connectivity index (χ3v) is 3.65. The Hall–Kier alpha value is -1.62. The lowest BCUT2D eigenvalue weighted by Crippen LogP contribution is -2.12. The van der Waals surface area contributed by atoms with Crippen molar-refractivity contribution in [2.75, 3.05) is 11.9 Å². The van der Waals surface area contributed by atoms with Gasteiger partial charge in [-0.05, 0) is 42.7 Å². The molecule has 5 heteroatoms. The lowest BCUT2D eigenvalue weighted by molar-refractivity contribution is -0.111. The normalized spacial score (nSPS) is 14.1. The molecule has 0 unspecified atom stereocenters. The largest absolute Gasteiger partial charge is 0.462 e. The van der Waals surface area contributed by atoms with E-state index in [-0.39, 0.29) is 11.9 Å². The lowest BCUT2D eigenvalue weighted by atomic mass is 10.1. The van der Waals surface area contributed by atoms with E-state index in [2.05, 4.69) is 11.9 Å². The van der Waals surface area contributed by atoms with Crippen molar-refractivity contribution in [2.45, 2.75) is 25.7 Å². The van der Waals surface area contributed by atoms with Crippen LogP contribution in [0.4, 0.5) is 5.00 Å². The minimum atomic E-state index is -0.361. The first-order valence-electron chi connectivity index (χ1n) is 5.89. The zero-order chi connectivity index (χ0) is 13.1. The quantitative estimate of drug-likeness (QED) is 0.658. The standard InChI is InChI=1S/C13H15NO3S/c1-3-10(15)14-12-11(13(16)17-4-2)9(7-18-12)8-5-6-8/h3,7-8H,1,4-6H2,2H3,(H,14,15). The van der Waals surface area contributed by atoms with Gasteiger partial charge in [-0.1, -0.05) is 6.58 Å². The minimum absolute atomic E-state index is 0.315. The first kappa shape index (κ1) is 12.8. The van der Waals surface area contributed by atoms with Gasteiger partial charge in [0.05, 0.1) is 12.2 Å². The van der Waals surface area contributed by atoms with Crippen LogP contribution in [0.1, 0.15) is 41.6 Å². The van der Waals surface area contributed by atoms with E-state index in [4.69, 9.17) is 4.74 Å². The molecule has 0 bridgehead atoms. The number of ether oxygens (including phenoxy) is 1. The van der Waals surface area contributed by atoms with Gasteiger partial charge in [0.15, 0.2) is 0 Å². The van der Waals surface area contributed by atoms with Crippen molar-refractivity contribution in [3.63, 3.8) is 0 Å². The summed E-state index contributed by atoms with van der Waals surface area (Å²) in [5, 5.41) is 5.15. The van der Waals surface area contributed by atoms with Gasteiger partial charge >= 0.3 is 5.97 Å². The van der Waals surface area contributed by atoms with Crippen LogP contribution in [0.2, 0.25) is 0 Å². The molecule has 0 saturated heterocycles. The molecular weight excluding hydrogens is 250 g/mol. The van der Waals surface area contributed by atoms with Crippen LogP contribution in [0.3, 0.4) is 0 Å². The Morgan fingerprint density at radius 1 is 1.61 bits per heavy atom. The Morgan fingerprint density at radius 2 is 2.33 bits per heavy atom. The number of nitrogens with one attached hydrogen (secondary N) is 1. The predicted octanol–water partition coefficient (Wildman–Crippen LogP) is 2.93. The van der Waals surface area contributed by atoms with Crippen LogP contribution >= 0.6 is 11.3 Å². The monoisotopic (exact) mass is 265 g/mol. The van der Waals surface area contributed by atoms with Gasteiger partial charge in [0.25, 0.3) is 0 Å². The highest BCUT2D eigenvalue weighted by molar-refractivity contribution is 7.15. The Kier molecular flexibility index (Phi) is 3.81. The molecule has 0 radical (unpaired) electrons. The number of thiophene rings is 1. The number of anilines is 1. The van der Waals surface area contributed by atoms with Crippen LogP contribution in [0.5, 0.6) is 0 Å². The van der Waals surface area contributed by atoms with E-state index in [1.807, 2.05) is 5.38 Å². The highest BCUT2D eigenvalue weighted by Gasteiger charge is 2.32.